The van der Waals surface area contributed by atoms with Gasteiger partial charge in [0.1, 0.15) is 11.3 Å². The molecule has 0 saturated heterocycles. The Morgan fingerprint density at radius 2 is 1.95 bits per heavy atom. The zero-order valence-electron chi connectivity index (χ0n) is 13.0. The highest BCUT2D eigenvalue weighted by molar-refractivity contribution is 5.94. The van der Waals surface area contributed by atoms with E-state index in [9.17, 15) is 14.4 Å². The highest BCUT2D eigenvalue weighted by Gasteiger charge is 2.28. The quantitative estimate of drug-likeness (QED) is 0.566. The molecular formula is C16H21NO5. The number of ketones is 1. The van der Waals surface area contributed by atoms with E-state index in [-0.39, 0.29) is 18.1 Å². The number of amides is 1. The van der Waals surface area contributed by atoms with Gasteiger partial charge >= 0.3 is 5.97 Å². The molecule has 1 rings (SSSR count). The van der Waals surface area contributed by atoms with Crippen LogP contribution in [0, 0.1) is 0 Å². The topological polar surface area (TPSA) is 92.7 Å². The van der Waals surface area contributed by atoms with Crippen molar-refractivity contribution < 1.29 is 24.2 Å². The molecule has 1 aromatic carbocycles. The number of Topliss-reactive ketones (excluding diaryl/α,β-unsaturated/α-hetero) is 1. The zero-order chi connectivity index (χ0) is 16.8. The van der Waals surface area contributed by atoms with Gasteiger partial charge in [-0.3, -0.25) is 9.59 Å². The lowest BCUT2D eigenvalue weighted by molar-refractivity contribution is -0.146. The summed E-state index contributed by atoms with van der Waals surface area (Å²) in [5.41, 5.74) is -0.716. The highest BCUT2D eigenvalue weighted by Crippen LogP contribution is 2.14. The van der Waals surface area contributed by atoms with Gasteiger partial charge in [0, 0.05) is 12.0 Å². The predicted octanol–water partition coefficient (Wildman–Crippen LogP) is 2.03. The molecule has 0 unspecified atom stereocenters. The summed E-state index contributed by atoms with van der Waals surface area (Å²) in [4.78, 5) is 33.8. The number of aliphatic carboxylic acids is 1. The zero-order valence-corrected chi connectivity index (χ0v) is 13.0. The monoisotopic (exact) mass is 307 g/mol. The van der Waals surface area contributed by atoms with Gasteiger partial charge in [0.05, 0.1) is 6.61 Å². The predicted molar refractivity (Wildman–Crippen MR) is 81.0 cm³/mol. The maximum atomic E-state index is 11.6. The number of carbonyl (C=O) groups excluding carboxylic acids is 2. The lowest BCUT2D eigenvalue weighted by atomic mass is 10.1. The molecular weight excluding hydrogens is 286 g/mol. The number of carboxylic acids is 1. The second-order valence-electron chi connectivity index (χ2n) is 5.51. The minimum atomic E-state index is -1.28. The Morgan fingerprint density at radius 3 is 2.55 bits per heavy atom. The number of nitrogens with one attached hydrogen (secondary N) is 1. The van der Waals surface area contributed by atoms with E-state index in [1.165, 1.54) is 20.8 Å². The molecule has 1 amide bonds. The van der Waals surface area contributed by atoms with Crippen molar-refractivity contribution in [3.8, 4) is 5.75 Å². The third-order valence-corrected chi connectivity index (χ3v) is 3.04. The van der Waals surface area contributed by atoms with E-state index in [0.29, 0.717) is 24.3 Å². The average molecular weight is 307 g/mol. The van der Waals surface area contributed by atoms with E-state index in [4.69, 9.17) is 9.84 Å². The van der Waals surface area contributed by atoms with Crippen molar-refractivity contribution >= 4 is 17.7 Å². The normalized spacial score (nSPS) is 10.9. The van der Waals surface area contributed by atoms with Gasteiger partial charge in [0.15, 0.2) is 5.78 Å². The van der Waals surface area contributed by atoms with Crippen molar-refractivity contribution in [2.24, 2.45) is 0 Å². The van der Waals surface area contributed by atoms with Gasteiger partial charge in [-0.2, -0.15) is 0 Å². The van der Waals surface area contributed by atoms with Gasteiger partial charge in [-0.1, -0.05) is 12.1 Å². The van der Waals surface area contributed by atoms with Crippen molar-refractivity contribution in [2.45, 2.75) is 39.2 Å². The molecule has 0 aliphatic rings. The van der Waals surface area contributed by atoms with Gasteiger partial charge < -0.3 is 15.2 Å². The summed E-state index contributed by atoms with van der Waals surface area (Å²) in [6, 6.07) is 6.82. The van der Waals surface area contributed by atoms with Crippen molar-refractivity contribution in [1.82, 2.24) is 5.32 Å². The minimum Gasteiger partial charge on any atom is -0.494 e. The number of hydrogen-bond donors (Lipinski definition) is 2. The molecule has 0 aromatic heterocycles. The van der Waals surface area contributed by atoms with Gasteiger partial charge in [-0.25, -0.2) is 4.79 Å². The number of carbonyl (C=O) groups is 3. The standard InChI is InChI=1S/C16H21NO5/c1-11(18)12-6-4-7-13(10-12)22-9-5-8-14(19)17-16(2,3)15(20)21/h4,6-7,10H,5,8-9H2,1-3H3,(H,17,19)(H,20,21). The van der Waals surface area contributed by atoms with Crippen LogP contribution in [0.2, 0.25) is 0 Å². The third kappa shape index (κ3) is 5.55. The molecule has 0 aliphatic heterocycles. The van der Waals surface area contributed by atoms with Crippen LogP contribution in [0.4, 0.5) is 0 Å². The first kappa shape index (κ1) is 17.7. The summed E-state index contributed by atoms with van der Waals surface area (Å²) >= 11 is 0. The van der Waals surface area contributed by atoms with Crippen LogP contribution >= 0.6 is 0 Å². The maximum Gasteiger partial charge on any atom is 0.328 e. The van der Waals surface area contributed by atoms with E-state index >= 15 is 0 Å². The van der Waals surface area contributed by atoms with Crippen molar-refractivity contribution in [3.63, 3.8) is 0 Å². The van der Waals surface area contributed by atoms with Crippen LogP contribution in [0.15, 0.2) is 24.3 Å². The number of benzene rings is 1. The Labute approximate surface area is 129 Å². The Hall–Kier alpha value is -2.37. The Bertz CT molecular complexity index is 565. The number of hydrogen-bond acceptors (Lipinski definition) is 4. The molecule has 120 valence electrons. The first-order valence-corrected chi connectivity index (χ1v) is 7.00. The summed E-state index contributed by atoms with van der Waals surface area (Å²) < 4.78 is 5.48. The lowest BCUT2D eigenvalue weighted by Gasteiger charge is -2.20. The highest BCUT2D eigenvalue weighted by atomic mass is 16.5. The van der Waals surface area contributed by atoms with Crippen LogP contribution in [-0.4, -0.2) is 34.9 Å². The summed E-state index contributed by atoms with van der Waals surface area (Å²) in [6.07, 6.45) is 0.620. The molecule has 22 heavy (non-hydrogen) atoms. The molecule has 1 aromatic rings. The van der Waals surface area contributed by atoms with Crippen LogP contribution in [0.5, 0.6) is 5.75 Å². The summed E-state index contributed by atoms with van der Waals surface area (Å²) in [6.45, 7) is 4.64. The fourth-order valence-electron chi connectivity index (χ4n) is 1.69. The van der Waals surface area contributed by atoms with E-state index < -0.39 is 11.5 Å². The van der Waals surface area contributed by atoms with Gasteiger partial charge in [0.2, 0.25) is 5.91 Å². The second-order valence-corrected chi connectivity index (χ2v) is 5.51. The SMILES string of the molecule is CC(=O)c1cccc(OCCCC(=O)NC(C)(C)C(=O)O)c1. The molecule has 0 bridgehead atoms. The molecule has 6 nitrogen and oxygen atoms in total. The fourth-order valence-corrected chi connectivity index (χ4v) is 1.69. The molecule has 6 heteroatoms. The molecule has 0 spiro atoms. The summed E-state index contributed by atoms with van der Waals surface area (Å²) in [7, 11) is 0. The van der Waals surface area contributed by atoms with E-state index in [0.717, 1.165) is 0 Å². The summed E-state index contributed by atoms with van der Waals surface area (Å²) in [5.74, 6) is -0.897. The molecule has 0 saturated carbocycles. The Kier molecular flexibility index (Phi) is 6.10. The molecule has 0 radical (unpaired) electrons. The van der Waals surface area contributed by atoms with Crippen molar-refractivity contribution in [2.75, 3.05) is 6.61 Å². The number of rotatable bonds is 8. The van der Waals surface area contributed by atoms with Crippen LogP contribution in [0.25, 0.3) is 0 Å². The number of ether oxygens (including phenoxy) is 1. The van der Waals surface area contributed by atoms with Crippen molar-refractivity contribution in [3.05, 3.63) is 29.8 Å². The Morgan fingerprint density at radius 1 is 1.27 bits per heavy atom. The molecule has 0 fully saturated rings. The Balaban J connectivity index is 2.36. The minimum absolute atomic E-state index is 0.0410. The fraction of sp³-hybridized carbons (Fsp3) is 0.438. The van der Waals surface area contributed by atoms with Crippen LogP contribution < -0.4 is 10.1 Å². The third-order valence-electron chi connectivity index (χ3n) is 3.04. The van der Waals surface area contributed by atoms with Gasteiger partial charge in [0.25, 0.3) is 0 Å². The van der Waals surface area contributed by atoms with Crippen molar-refractivity contribution in [1.29, 1.82) is 0 Å². The van der Waals surface area contributed by atoms with Gasteiger partial charge in [-0.05, 0) is 39.3 Å². The van der Waals surface area contributed by atoms with E-state index in [1.807, 2.05) is 0 Å². The first-order chi connectivity index (χ1) is 10.2. The van der Waals surface area contributed by atoms with E-state index in [1.54, 1.807) is 24.3 Å². The van der Waals surface area contributed by atoms with Crippen LogP contribution in [0.3, 0.4) is 0 Å². The molecule has 0 aliphatic carbocycles. The van der Waals surface area contributed by atoms with Gasteiger partial charge in [-0.15, -0.1) is 0 Å². The largest absolute Gasteiger partial charge is 0.494 e. The average Bonchev–Trinajstić information content (AvgIpc) is 2.43. The van der Waals surface area contributed by atoms with Crippen LogP contribution in [0.1, 0.15) is 44.0 Å². The van der Waals surface area contributed by atoms with Crippen LogP contribution in [-0.2, 0) is 9.59 Å². The maximum absolute atomic E-state index is 11.6. The second kappa shape index (κ2) is 7.59. The molecule has 2 N–H and O–H groups in total. The summed E-state index contributed by atoms with van der Waals surface area (Å²) in [5, 5.41) is 11.4. The lowest BCUT2D eigenvalue weighted by Crippen LogP contribution is -2.49. The smallest absolute Gasteiger partial charge is 0.328 e. The molecule has 0 atom stereocenters. The van der Waals surface area contributed by atoms with E-state index in [2.05, 4.69) is 5.32 Å². The first-order valence-electron chi connectivity index (χ1n) is 7.00. The number of carboxylic acid groups (broad SMARTS) is 1. The molecule has 0 heterocycles.